The Kier molecular flexibility index (Phi) is 6.09. The number of hydrogen-bond acceptors (Lipinski definition) is 8. The Hall–Kier alpha value is -0.530. The third-order valence-corrected chi connectivity index (χ3v) is 4.53. The van der Waals surface area contributed by atoms with Gasteiger partial charge < -0.3 is 14.0 Å². The van der Waals surface area contributed by atoms with Crippen molar-refractivity contribution in [2.45, 2.75) is 52.1 Å². The first-order valence-corrected chi connectivity index (χ1v) is 8.67. The summed E-state index contributed by atoms with van der Waals surface area (Å²) in [6, 6.07) is 0. The van der Waals surface area contributed by atoms with E-state index in [4.69, 9.17) is 34.9 Å². The number of esters is 2. The van der Waals surface area contributed by atoms with Gasteiger partial charge in [-0.1, -0.05) is 0 Å². The van der Waals surface area contributed by atoms with E-state index < -0.39 is 30.9 Å². The van der Waals surface area contributed by atoms with Gasteiger partial charge in [0.1, 0.15) is 0 Å². The van der Waals surface area contributed by atoms with Crippen LogP contribution in [-0.2, 0) is 44.4 Å². The molecule has 7 nitrogen and oxygen atoms in total. The summed E-state index contributed by atoms with van der Waals surface area (Å²) in [4.78, 5) is 23.9. The van der Waals surface area contributed by atoms with Crippen LogP contribution in [0, 0.1) is 0 Å². The van der Waals surface area contributed by atoms with Crippen LogP contribution in [0.15, 0.2) is 0 Å². The van der Waals surface area contributed by atoms with Crippen molar-refractivity contribution >= 4 is 30.5 Å². The molecular weight excluding hydrogens is 307 g/mol. The van der Waals surface area contributed by atoms with Gasteiger partial charge in [-0.3, -0.25) is 9.05 Å². The molecule has 0 saturated carbocycles. The average Bonchev–Trinajstić information content (AvgIpc) is 2.67. The molecule has 1 aliphatic rings. The number of hydrogen-bond donors (Lipinski definition) is 0. The molecule has 20 heavy (non-hydrogen) atoms. The van der Waals surface area contributed by atoms with E-state index in [-0.39, 0.29) is 12.2 Å². The Balaban J connectivity index is 2.89. The summed E-state index contributed by atoms with van der Waals surface area (Å²) >= 11 is 5.02. The SMILES string of the molecule is COP1(=S)OC(C(=O)OC(C)C)C(C(=O)OC(C)C)O1. The Morgan fingerprint density at radius 3 is 1.60 bits per heavy atom. The standard InChI is InChI=1S/C11H19O7PS/c1-6(2)15-10(12)8-9(11(13)16-7(3)4)18-19(20,14-5)17-8/h6-9H,1-5H3. The van der Waals surface area contributed by atoms with Gasteiger partial charge in [0.05, 0.1) is 12.2 Å². The molecule has 0 N–H and O–H groups in total. The summed E-state index contributed by atoms with van der Waals surface area (Å²) in [7, 11) is 1.29. The monoisotopic (exact) mass is 326 g/mol. The van der Waals surface area contributed by atoms with Crippen LogP contribution < -0.4 is 0 Å². The molecule has 1 heterocycles. The average molecular weight is 326 g/mol. The molecule has 0 amide bonds. The lowest BCUT2D eigenvalue weighted by Gasteiger charge is -2.17. The molecule has 1 saturated heterocycles. The van der Waals surface area contributed by atoms with Crippen LogP contribution in [0.25, 0.3) is 0 Å². The van der Waals surface area contributed by atoms with E-state index in [0.717, 1.165) is 0 Å². The van der Waals surface area contributed by atoms with Crippen molar-refractivity contribution in [3.8, 4) is 0 Å². The van der Waals surface area contributed by atoms with Crippen LogP contribution in [-0.4, -0.2) is 43.5 Å². The van der Waals surface area contributed by atoms with E-state index in [1.165, 1.54) is 7.11 Å². The highest BCUT2D eigenvalue weighted by Crippen LogP contribution is 2.57. The van der Waals surface area contributed by atoms with Gasteiger partial charge in [0.25, 0.3) is 0 Å². The molecule has 0 aromatic rings. The second kappa shape index (κ2) is 6.95. The normalized spacial score (nSPS) is 29.8. The lowest BCUT2D eigenvalue weighted by Crippen LogP contribution is -2.40. The molecule has 0 bridgehead atoms. The zero-order valence-corrected chi connectivity index (χ0v) is 13.7. The predicted molar refractivity (Wildman–Crippen MR) is 73.5 cm³/mol. The molecule has 0 spiro atoms. The summed E-state index contributed by atoms with van der Waals surface area (Å²) in [6.07, 6.45) is -3.24. The first-order valence-electron chi connectivity index (χ1n) is 6.12. The molecule has 1 aliphatic heterocycles. The zero-order chi connectivity index (χ0) is 15.5. The minimum absolute atomic E-state index is 0.353. The van der Waals surface area contributed by atoms with Gasteiger partial charge >= 0.3 is 18.7 Å². The van der Waals surface area contributed by atoms with Crippen molar-refractivity contribution in [3.63, 3.8) is 0 Å². The zero-order valence-electron chi connectivity index (χ0n) is 12.0. The number of ether oxygens (including phenoxy) is 2. The molecule has 0 aromatic heterocycles. The van der Waals surface area contributed by atoms with E-state index in [1.807, 2.05) is 0 Å². The van der Waals surface area contributed by atoms with Gasteiger partial charge in [-0.15, -0.1) is 0 Å². The second-order valence-electron chi connectivity index (χ2n) is 4.65. The topological polar surface area (TPSA) is 80.3 Å². The fourth-order valence-electron chi connectivity index (χ4n) is 1.43. The predicted octanol–water partition coefficient (Wildman–Crippen LogP) is 1.54. The Morgan fingerprint density at radius 1 is 1.00 bits per heavy atom. The highest BCUT2D eigenvalue weighted by molar-refractivity contribution is 8.07. The summed E-state index contributed by atoms with van der Waals surface area (Å²) in [6.45, 7) is 3.60. The maximum Gasteiger partial charge on any atom is 0.339 e. The van der Waals surface area contributed by atoms with Crippen LogP contribution in [0.2, 0.25) is 0 Å². The lowest BCUT2D eigenvalue weighted by atomic mass is 10.2. The van der Waals surface area contributed by atoms with Gasteiger partial charge in [-0.25, -0.2) is 9.59 Å². The van der Waals surface area contributed by atoms with Crippen LogP contribution in [0.1, 0.15) is 27.7 Å². The van der Waals surface area contributed by atoms with Crippen molar-refractivity contribution in [2.24, 2.45) is 0 Å². The molecular formula is C11H19O7PS. The third kappa shape index (κ3) is 4.49. The smallest absolute Gasteiger partial charge is 0.339 e. The van der Waals surface area contributed by atoms with Crippen LogP contribution >= 0.6 is 6.72 Å². The Bertz CT molecular complexity index is 389. The Morgan fingerprint density at radius 2 is 1.35 bits per heavy atom. The van der Waals surface area contributed by atoms with E-state index >= 15 is 0 Å². The van der Waals surface area contributed by atoms with Crippen LogP contribution in [0.4, 0.5) is 0 Å². The summed E-state index contributed by atoms with van der Waals surface area (Å²) in [5.41, 5.74) is 0. The van der Waals surface area contributed by atoms with Crippen LogP contribution in [0.3, 0.4) is 0 Å². The van der Waals surface area contributed by atoms with E-state index in [0.29, 0.717) is 0 Å². The lowest BCUT2D eigenvalue weighted by molar-refractivity contribution is -0.167. The first-order chi connectivity index (χ1) is 9.18. The molecule has 1 fully saturated rings. The Labute approximate surface area is 123 Å². The van der Waals surface area contributed by atoms with Crippen LogP contribution in [0.5, 0.6) is 0 Å². The highest BCUT2D eigenvalue weighted by Gasteiger charge is 2.51. The fourth-order valence-corrected chi connectivity index (χ4v) is 3.16. The minimum atomic E-state index is -3.13. The number of carbonyl (C=O) groups excluding carboxylic acids is 2. The first kappa shape index (κ1) is 17.5. The maximum atomic E-state index is 11.9. The molecule has 0 radical (unpaired) electrons. The molecule has 9 heteroatoms. The summed E-state index contributed by atoms with van der Waals surface area (Å²) in [5, 5.41) is 0. The van der Waals surface area contributed by atoms with Crippen molar-refractivity contribution in [2.75, 3.05) is 7.11 Å². The molecule has 0 aromatic carbocycles. The van der Waals surface area contributed by atoms with Crippen molar-refractivity contribution in [1.29, 1.82) is 0 Å². The number of carbonyl (C=O) groups is 2. The van der Waals surface area contributed by atoms with Gasteiger partial charge in [0, 0.05) is 7.11 Å². The third-order valence-electron chi connectivity index (χ3n) is 2.15. The largest absolute Gasteiger partial charge is 0.461 e. The molecule has 1 rings (SSSR count). The second-order valence-corrected chi connectivity index (χ2v) is 7.68. The van der Waals surface area contributed by atoms with E-state index in [1.54, 1.807) is 27.7 Å². The molecule has 116 valence electrons. The van der Waals surface area contributed by atoms with Gasteiger partial charge in [-0.2, -0.15) is 0 Å². The summed E-state index contributed by atoms with van der Waals surface area (Å²) < 4.78 is 25.5. The maximum absolute atomic E-state index is 11.9. The van der Waals surface area contributed by atoms with Gasteiger partial charge in [0.15, 0.2) is 0 Å². The summed E-state index contributed by atoms with van der Waals surface area (Å²) in [5.74, 6) is -1.45. The molecule has 2 atom stereocenters. The quantitative estimate of drug-likeness (QED) is 0.556. The highest BCUT2D eigenvalue weighted by atomic mass is 32.5. The minimum Gasteiger partial charge on any atom is -0.461 e. The fraction of sp³-hybridized carbons (Fsp3) is 0.818. The van der Waals surface area contributed by atoms with E-state index in [9.17, 15) is 9.59 Å². The van der Waals surface area contributed by atoms with Crippen molar-refractivity contribution in [3.05, 3.63) is 0 Å². The van der Waals surface area contributed by atoms with Crippen molar-refractivity contribution < 1.29 is 32.6 Å². The van der Waals surface area contributed by atoms with Gasteiger partial charge in [0.2, 0.25) is 12.2 Å². The molecule has 2 unspecified atom stereocenters. The van der Waals surface area contributed by atoms with Crippen molar-refractivity contribution in [1.82, 2.24) is 0 Å². The molecule has 0 aliphatic carbocycles. The van der Waals surface area contributed by atoms with Gasteiger partial charge in [-0.05, 0) is 39.5 Å². The number of rotatable bonds is 5. The van der Waals surface area contributed by atoms with E-state index in [2.05, 4.69) is 0 Å².